The summed E-state index contributed by atoms with van der Waals surface area (Å²) in [5.41, 5.74) is 5.95. The van der Waals surface area contributed by atoms with E-state index < -0.39 is 0 Å². The van der Waals surface area contributed by atoms with Crippen molar-refractivity contribution in [1.29, 1.82) is 0 Å². The Morgan fingerprint density at radius 3 is 2.37 bits per heavy atom. The topological polar surface area (TPSA) is 58.3 Å². The second-order valence-corrected chi connectivity index (χ2v) is 5.26. The predicted molar refractivity (Wildman–Crippen MR) is 78.1 cm³/mol. The van der Waals surface area contributed by atoms with Crippen LogP contribution >= 0.6 is 0 Å². The lowest BCUT2D eigenvalue weighted by Gasteiger charge is -2.41. The normalized spacial score (nSPS) is 20.3. The van der Waals surface area contributed by atoms with Crippen molar-refractivity contribution in [2.45, 2.75) is 26.3 Å². The van der Waals surface area contributed by atoms with E-state index in [-0.39, 0.29) is 0 Å². The van der Waals surface area contributed by atoms with E-state index in [0.29, 0.717) is 12.0 Å². The van der Waals surface area contributed by atoms with E-state index in [9.17, 15) is 0 Å². The molecule has 1 aromatic rings. The minimum absolute atomic E-state index is 0.504. The molecule has 0 aliphatic carbocycles. The van der Waals surface area contributed by atoms with Crippen LogP contribution in [0.1, 0.15) is 20.3 Å². The third-order valence-electron chi connectivity index (χ3n) is 4.16. The molecule has 2 heterocycles. The van der Waals surface area contributed by atoms with Crippen LogP contribution < -0.4 is 10.6 Å². The lowest BCUT2D eigenvalue weighted by atomic mass is 9.97. The van der Waals surface area contributed by atoms with Gasteiger partial charge in [0.2, 0.25) is 5.95 Å². The van der Waals surface area contributed by atoms with E-state index in [1.54, 1.807) is 12.4 Å². The van der Waals surface area contributed by atoms with Crippen LogP contribution in [0.15, 0.2) is 18.5 Å². The maximum absolute atomic E-state index is 5.95. The zero-order chi connectivity index (χ0) is 13.7. The van der Waals surface area contributed by atoms with Gasteiger partial charge in [0, 0.05) is 51.2 Å². The van der Waals surface area contributed by atoms with Gasteiger partial charge in [0.25, 0.3) is 0 Å². The molecule has 1 aliphatic rings. The number of rotatable bonds is 5. The van der Waals surface area contributed by atoms with Gasteiger partial charge in [-0.3, -0.25) is 4.90 Å². The molecule has 0 aromatic carbocycles. The van der Waals surface area contributed by atoms with Gasteiger partial charge in [0.05, 0.1) is 0 Å². The van der Waals surface area contributed by atoms with E-state index >= 15 is 0 Å². The Hall–Kier alpha value is -1.20. The number of piperazine rings is 1. The largest absolute Gasteiger partial charge is 0.338 e. The van der Waals surface area contributed by atoms with Crippen molar-refractivity contribution < 1.29 is 0 Å². The van der Waals surface area contributed by atoms with Crippen molar-refractivity contribution in [2.24, 2.45) is 11.7 Å². The summed E-state index contributed by atoms with van der Waals surface area (Å²) in [7, 11) is 0. The smallest absolute Gasteiger partial charge is 0.225 e. The average molecular weight is 263 g/mol. The molecule has 0 saturated carbocycles. The maximum atomic E-state index is 5.95. The van der Waals surface area contributed by atoms with Gasteiger partial charge in [-0.1, -0.05) is 20.3 Å². The molecule has 0 radical (unpaired) electrons. The Balaban J connectivity index is 1.91. The van der Waals surface area contributed by atoms with Crippen LogP contribution in [0.3, 0.4) is 0 Å². The zero-order valence-electron chi connectivity index (χ0n) is 12.0. The molecule has 1 saturated heterocycles. The summed E-state index contributed by atoms with van der Waals surface area (Å²) in [4.78, 5) is 13.4. The van der Waals surface area contributed by atoms with Gasteiger partial charge in [0.1, 0.15) is 0 Å². The van der Waals surface area contributed by atoms with Crippen molar-refractivity contribution in [2.75, 3.05) is 37.6 Å². The van der Waals surface area contributed by atoms with Crippen LogP contribution in [-0.2, 0) is 0 Å². The molecule has 2 N–H and O–H groups in total. The van der Waals surface area contributed by atoms with Crippen LogP contribution in [0.5, 0.6) is 0 Å². The molecule has 1 aromatic heterocycles. The first kappa shape index (κ1) is 14.2. The van der Waals surface area contributed by atoms with Crippen LogP contribution in [-0.4, -0.2) is 53.6 Å². The second-order valence-electron chi connectivity index (χ2n) is 5.26. The summed E-state index contributed by atoms with van der Waals surface area (Å²) in [6.07, 6.45) is 4.79. The van der Waals surface area contributed by atoms with Crippen molar-refractivity contribution in [3.8, 4) is 0 Å². The molecule has 2 unspecified atom stereocenters. The SMILES string of the molecule is CCC(C)C(CN)N1CCN(c2ncccn2)CC1. The minimum atomic E-state index is 0.504. The summed E-state index contributed by atoms with van der Waals surface area (Å²) in [5.74, 6) is 1.50. The van der Waals surface area contributed by atoms with Crippen molar-refractivity contribution in [3.05, 3.63) is 18.5 Å². The Labute approximate surface area is 115 Å². The fraction of sp³-hybridized carbons (Fsp3) is 0.714. The first-order valence-electron chi connectivity index (χ1n) is 7.22. The van der Waals surface area contributed by atoms with Gasteiger partial charge < -0.3 is 10.6 Å². The first-order chi connectivity index (χ1) is 9.26. The Morgan fingerprint density at radius 2 is 1.84 bits per heavy atom. The summed E-state index contributed by atoms with van der Waals surface area (Å²) in [6.45, 7) is 9.34. The number of hydrogen-bond donors (Lipinski definition) is 1. The third-order valence-corrected chi connectivity index (χ3v) is 4.16. The Morgan fingerprint density at radius 1 is 1.21 bits per heavy atom. The van der Waals surface area contributed by atoms with Gasteiger partial charge in [-0.25, -0.2) is 9.97 Å². The van der Waals surface area contributed by atoms with E-state index in [4.69, 9.17) is 5.73 Å². The van der Waals surface area contributed by atoms with Crippen LogP contribution in [0.4, 0.5) is 5.95 Å². The highest BCUT2D eigenvalue weighted by Gasteiger charge is 2.26. The fourth-order valence-electron chi connectivity index (χ4n) is 2.72. The molecule has 1 aliphatic heterocycles. The Kier molecular flexibility index (Phi) is 5.10. The van der Waals surface area contributed by atoms with Crippen LogP contribution in [0.2, 0.25) is 0 Å². The molecule has 0 spiro atoms. The van der Waals surface area contributed by atoms with E-state index in [0.717, 1.165) is 38.7 Å². The molecular weight excluding hydrogens is 238 g/mol. The van der Waals surface area contributed by atoms with Gasteiger partial charge in [-0.05, 0) is 12.0 Å². The molecule has 5 nitrogen and oxygen atoms in total. The molecule has 2 atom stereocenters. The number of nitrogens with two attached hydrogens (primary N) is 1. The molecule has 1 fully saturated rings. The highest BCUT2D eigenvalue weighted by atomic mass is 15.3. The summed E-state index contributed by atoms with van der Waals surface area (Å²) < 4.78 is 0. The van der Waals surface area contributed by atoms with Crippen molar-refractivity contribution >= 4 is 5.95 Å². The highest BCUT2D eigenvalue weighted by molar-refractivity contribution is 5.29. The number of aromatic nitrogens is 2. The van der Waals surface area contributed by atoms with Gasteiger partial charge in [-0.2, -0.15) is 0 Å². The van der Waals surface area contributed by atoms with Crippen molar-refractivity contribution in [3.63, 3.8) is 0 Å². The van der Waals surface area contributed by atoms with Gasteiger partial charge in [0.15, 0.2) is 0 Å². The standard InChI is InChI=1S/C14H25N5/c1-3-12(2)13(11-15)18-7-9-19(10-8-18)14-16-5-4-6-17-14/h4-6,12-13H,3,7-11,15H2,1-2H3. The van der Waals surface area contributed by atoms with Crippen molar-refractivity contribution in [1.82, 2.24) is 14.9 Å². The van der Waals surface area contributed by atoms with Gasteiger partial charge in [-0.15, -0.1) is 0 Å². The zero-order valence-corrected chi connectivity index (χ0v) is 12.0. The fourth-order valence-corrected chi connectivity index (χ4v) is 2.72. The molecule has 0 amide bonds. The van der Waals surface area contributed by atoms with Gasteiger partial charge >= 0.3 is 0 Å². The summed E-state index contributed by atoms with van der Waals surface area (Å²) in [6, 6.07) is 2.36. The average Bonchev–Trinajstić information content (AvgIpc) is 2.49. The number of hydrogen-bond acceptors (Lipinski definition) is 5. The van der Waals surface area contributed by atoms with E-state index in [1.807, 2.05) is 6.07 Å². The third kappa shape index (κ3) is 3.42. The molecule has 5 heteroatoms. The lowest BCUT2D eigenvalue weighted by Crippen LogP contribution is -2.54. The second kappa shape index (κ2) is 6.82. The van der Waals surface area contributed by atoms with E-state index in [2.05, 4.69) is 33.6 Å². The lowest BCUT2D eigenvalue weighted by molar-refractivity contribution is 0.141. The molecular formula is C14H25N5. The van der Waals surface area contributed by atoms with Crippen LogP contribution in [0.25, 0.3) is 0 Å². The minimum Gasteiger partial charge on any atom is -0.338 e. The number of nitrogens with zero attached hydrogens (tertiary/aromatic N) is 4. The molecule has 106 valence electrons. The van der Waals surface area contributed by atoms with E-state index in [1.165, 1.54) is 6.42 Å². The monoisotopic (exact) mass is 263 g/mol. The maximum Gasteiger partial charge on any atom is 0.225 e. The summed E-state index contributed by atoms with van der Waals surface area (Å²) >= 11 is 0. The van der Waals surface area contributed by atoms with Crippen LogP contribution in [0, 0.1) is 5.92 Å². The Bertz CT molecular complexity index is 361. The summed E-state index contributed by atoms with van der Waals surface area (Å²) in [5, 5.41) is 0. The first-order valence-corrected chi connectivity index (χ1v) is 7.22. The highest BCUT2D eigenvalue weighted by Crippen LogP contribution is 2.17. The molecule has 19 heavy (non-hydrogen) atoms. The predicted octanol–water partition coefficient (Wildman–Crippen LogP) is 0.972. The number of anilines is 1. The molecule has 0 bridgehead atoms. The molecule has 2 rings (SSSR count). The quantitative estimate of drug-likeness (QED) is 0.858.